The molecule has 0 fully saturated rings. The molecule has 0 saturated carbocycles. The van der Waals surface area contributed by atoms with Crippen LogP contribution in [0.2, 0.25) is 0 Å². The predicted molar refractivity (Wildman–Crippen MR) is 111 cm³/mol. The average molecular weight is 441 g/mol. The molecule has 0 aliphatic carbocycles. The van der Waals surface area contributed by atoms with E-state index in [0.29, 0.717) is 30.0 Å². The van der Waals surface area contributed by atoms with Crippen LogP contribution in [-0.2, 0) is 17.6 Å². The van der Waals surface area contributed by atoms with Crippen LogP contribution in [0.4, 0.5) is 0 Å². The molecule has 0 radical (unpaired) electrons. The van der Waals surface area contributed by atoms with Crippen molar-refractivity contribution in [1.82, 2.24) is 5.32 Å². The maximum Gasteiger partial charge on any atom is 0.362 e. The van der Waals surface area contributed by atoms with Crippen molar-refractivity contribution in [2.75, 3.05) is 19.5 Å². The van der Waals surface area contributed by atoms with Crippen molar-refractivity contribution >= 4 is 7.60 Å². The van der Waals surface area contributed by atoms with Gasteiger partial charge in [-0.25, -0.2) is 0 Å². The third-order valence-corrected chi connectivity index (χ3v) is 4.70. The van der Waals surface area contributed by atoms with Crippen molar-refractivity contribution in [3.8, 4) is 17.2 Å². The van der Waals surface area contributed by atoms with Gasteiger partial charge in [0.05, 0.1) is 6.61 Å². The number of aromatic hydroxyl groups is 1. The van der Waals surface area contributed by atoms with E-state index in [0.717, 1.165) is 5.56 Å². The Morgan fingerprint density at radius 1 is 1.07 bits per heavy atom. The van der Waals surface area contributed by atoms with Crippen LogP contribution in [0.25, 0.3) is 0 Å². The highest BCUT2D eigenvalue weighted by Gasteiger charge is 2.14. The van der Waals surface area contributed by atoms with E-state index in [4.69, 9.17) is 24.4 Å². The van der Waals surface area contributed by atoms with Gasteiger partial charge in [-0.05, 0) is 49.2 Å². The first-order valence-corrected chi connectivity index (χ1v) is 11.2. The largest absolute Gasteiger partial charge is 0.508 e. The second-order valence-corrected chi connectivity index (χ2v) is 8.60. The van der Waals surface area contributed by atoms with Gasteiger partial charge in [0, 0.05) is 18.2 Å². The highest BCUT2D eigenvalue weighted by molar-refractivity contribution is 7.51. The van der Waals surface area contributed by atoms with E-state index in [9.17, 15) is 14.8 Å². The van der Waals surface area contributed by atoms with Crippen LogP contribution in [0.1, 0.15) is 18.1 Å². The summed E-state index contributed by atoms with van der Waals surface area (Å²) in [5, 5.41) is 32.0. The van der Waals surface area contributed by atoms with Gasteiger partial charge in [0.15, 0.2) is 6.35 Å². The third-order valence-electron chi connectivity index (χ3n) is 4.23. The molecule has 0 amide bonds. The number of nitrogens with one attached hydrogen (secondary N) is 1. The number of hydrogen-bond acceptors (Lipinski definition) is 7. The second-order valence-electron chi connectivity index (χ2n) is 7.01. The lowest BCUT2D eigenvalue weighted by Crippen LogP contribution is -2.37. The van der Waals surface area contributed by atoms with Crippen molar-refractivity contribution in [3.05, 3.63) is 53.6 Å². The van der Waals surface area contributed by atoms with Gasteiger partial charge < -0.3 is 39.9 Å². The van der Waals surface area contributed by atoms with Crippen molar-refractivity contribution in [2.24, 2.45) is 0 Å². The number of aliphatic hydroxyl groups is 2. The molecule has 2 aromatic carbocycles. The molecule has 0 aromatic heterocycles. The van der Waals surface area contributed by atoms with E-state index in [-0.39, 0.29) is 25.0 Å². The summed E-state index contributed by atoms with van der Waals surface area (Å²) in [4.78, 5) is 17.6. The molecule has 0 aliphatic rings. The maximum absolute atomic E-state index is 10.8. The molecule has 30 heavy (non-hydrogen) atoms. The zero-order chi connectivity index (χ0) is 22.1. The molecule has 6 N–H and O–H groups in total. The van der Waals surface area contributed by atoms with Crippen LogP contribution in [0.3, 0.4) is 0 Å². The monoisotopic (exact) mass is 441 g/mol. The van der Waals surface area contributed by atoms with E-state index in [1.807, 2.05) is 19.1 Å². The highest BCUT2D eigenvalue weighted by atomic mass is 31.2. The quantitative estimate of drug-likeness (QED) is 0.269. The van der Waals surface area contributed by atoms with Crippen LogP contribution in [0.15, 0.2) is 42.5 Å². The summed E-state index contributed by atoms with van der Waals surface area (Å²) < 4.78 is 21.4. The van der Waals surface area contributed by atoms with Crippen LogP contribution >= 0.6 is 7.60 Å². The molecule has 0 spiro atoms. The predicted octanol–water partition coefficient (Wildman–Crippen LogP) is 1.36. The van der Waals surface area contributed by atoms with Gasteiger partial charge in [-0.2, -0.15) is 0 Å². The summed E-state index contributed by atoms with van der Waals surface area (Å²) in [6.45, 7) is 2.04. The fourth-order valence-electron chi connectivity index (χ4n) is 2.67. The van der Waals surface area contributed by atoms with Gasteiger partial charge in [0.1, 0.15) is 30.0 Å². The molecule has 2 rings (SSSR count). The van der Waals surface area contributed by atoms with Gasteiger partial charge in [0.25, 0.3) is 0 Å². The molecule has 10 heteroatoms. The SMILES string of the molecule is CC(Cc1ccc(OCP(=O)(O)O)cc1)NCC(O)COc1ccc(O)c(CO)c1. The smallest absolute Gasteiger partial charge is 0.362 e. The van der Waals surface area contributed by atoms with E-state index in [2.05, 4.69) is 5.32 Å². The lowest BCUT2D eigenvalue weighted by atomic mass is 10.1. The maximum atomic E-state index is 10.8. The number of hydrogen-bond donors (Lipinski definition) is 6. The van der Waals surface area contributed by atoms with E-state index < -0.39 is 20.0 Å². The van der Waals surface area contributed by atoms with Gasteiger partial charge >= 0.3 is 7.60 Å². The van der Waals surface area contributed by atoms with Crippen molar-refractivity contribution in [2.45, 2.75) is 32.1 Å². The minimum atomic E-state index is -4.20. The number of ether oxygens (including phenoxy) is 2. The first-order valence-electron chi connectivity index (χ1n) is 9.39. The molecule has 0 saturated heterocycles. The van der Waals surface area contributed by atoms with Crippen LogP contribution in [0.5, 0.6) is 17.2 Å². The summed E-state index contributed by atoms with van der Waals surface area (Å²) in [5.74, 6) is 0.820. The molecule has 0 heterocycles. The summed E-state index contributed by atoms with van der Waals surface area (Å²) in [7, 11) is -4.20. The summed E-state index contributed by atoms with van der Waals surface area (Å²) in [6, 6.07) is 11.5. The third kappa shape index (κ3) is 8.71. The highest BCUT2D eigenvalue weighted by Crippen LogP contribution is 2.34. The molecule has 0 bridgehead atoms. The molecular weight excluding hydrogens is 413 g/mol. The Labute approximate surface area is 175 Å². The Morgan fingerprint density at radius 2 is 1.73 bits per heavy atom. The van der Waals surface area contributed by atoms with Gasteiger partial charge in [-0.15, -0.1) is 0 Å². The van der Waals surface area contributed by atoms with Crippen molar-refractivity contribution in [1.29, 1.82) is 0 Å². The summed E-state index contributed by atoms with van der Waals surface area (Å²) in [6.07, 6.45) is -0.720. The summed E-state index contributed by atoms with van der Waals surface area (Å²) in [5.41, 5.74) is 1.36. The fourth-order valence-corrected chi connectivity index (χ4v) is 2.99. The van der Waals surface area contributed by atoms with Crippen LogP contribution < -0.4 is 14.8 Å². The van der Waals surface area contributed by atoms with Crippen molar-refractivity contribution < 1.29 is 39.1 Å². The Balaban J connectivity index is 1.72. The van der Waals surface area contributed by atoms with E-state index >= 15 is 0 Å². The second kappa shape index (κ2) is 11.3. The number of rotatable bonds is 12. The molecule has 2 aromatic rings. The summed E-state index contributed by atoms with van der Waals surface area (Å²) >= 11 is 0. The lowest BCUT2D eigenvalue weighted by molar-refractivity contribution is 0.104. The molecule has 9 nitrogen and oxygen atoms in total. The average Bonchev–Trinajstić information content (AvgIpc) is 2.70. The lowest BCUT2D eigenvalue weighted by Gasteiger charge is -2.18. The molecule has 2 atom stereocenters. The number of benzene rings is 2. The topological polar surface area (TPSA) is 149 Å². The van der Waals surface area contributed by atoms with Gasteiger partial charge in [-0.1, -0.05) is 12.1 Å². The fraction of sp³-hybridized carbons (Fsp3) is 0.400. The first kappa shape index (κ1) is 24.1. The zero-order valence-corrected chi connectivity index (χ0v) is 17.5. The number of aliphatic hydroxyl groups excluding tert-OH is 2. The Kier molecular flexibility index (Phi) is 9.10. The van der Waals surface area contributed by atoms with Crippen molar-refractivity contribution in [3.63, 3.8) is 0 Å². The molecule has 166 valence electrons. The molecule has 2 unspecified atom stereocenters. The molecule has 0 aliphatic heterocycles. The van der Waals surface area contributed by atoms with Crippen LogP contribution in [-0.4, -0.2) is 56.8 Å². The van der Waals surface area contributed by atoms with Crippen LogP contribution in [0, 0.1) is 0 Å². The minimum absolute atomic E-state index is 0.0118. The van der Waals surface area contributed by atoms with Gasteiger partial charge in [-0.3, -0.25) is 4.57 Å². The molecular formula is C20H28NO8P. The standard InChI is InChI=1S/C20H28NO8P/c1-14(8-15-2-4-18(5-3-15)29-13-30(25,26)27)21-10-17(23)12-28-19-6-7-20(24)16(9-19)11-22/h2-7,9,14,17,21-24H,8,10-13H2,1H3,(H2,25,26,27). The van der Waals surface area contributed by atoms with E-state index in [1.165, 1.54) is 12.1 Å². The van der Waals surface area contributed by atoms with E-state index in [1.54, 1.807) is 18.2 Å². The Morgan fingerprint density at radius 3 is 2.37 bits per heavy atom. The Bertz CT molecular complexity index is 839. The first-order chi connectivity index (χ1) is 14.2. The Hall–Kier alpha value is -2.13. The number of phenols is 1. The normalized spacial score (nSPS) is 13.6. The zero-order valence-electron chi connectivity index (χ0n) is 16.6. The van der Waals surface area contributed by atoms with Gasteiger partial charge in [0.2, 0.25) is 0 Å². The minimum Gasteiger partial charge on any atom is -0.508 e.